The van der Waals surface area contributed by atoms with E-state index < -0.39 is 0 Å². The molecule has 2 unspecified atom stereocenters. The molecule has 1 aromatic carbocycles. The number of benzene rings is 1. The number of phenols is 1. The molecule has 2 aromatic rings. The van der Waals surface area contributed by atoms with Crippen molar-refractivity contribution in [2.75, 3.05) is 0 Å². The smallest absolute Gasteiger partial charge is 0.147 e. The number of aromatic nitrogens is 2. The minimum atomic E-state index is 0.0126. The lowest BCUT2D eigenvalue weighted by Crippen LogP contribution is -2.32. The molecule has 0 saturated heterocycles. The van der Waals surface area contributed by atoms with Crippen molar-refractivity contribution in [2.24, 2.45) is 0 Å². The molecular formula is C13H12Br2N2O2. The summed E-state index contributed by atoms with van der Waals surface area (Å²) in [6, 6.07) is 2.11. The normalized spacial score (nSPS) is 21.8. The Hall–Kier alpha value is -1.01. The van der Waals surface area contributed by atoms with E-state index in [0.29, 0.717) is 8.95 Å². The molecule has 0 aliphatic carbocycles. The minimum absolute atomic E-state index is 0.0126. The standard InChI is InChI=1S/C13H12Br2N2O2/c1-7-10(17-3-2-16-6-17)5-8-4-9(14)12(18)11(15)13(8)19-7/h2-4,6-7,10,18H,5H2,1H3. The molecule has 3 rings (SSSR count). The predicted octanol–water partition coefficient (Wildman–Crippen LogP) is 3.68. The van der Waals surface area contributed by atoms with Crippen molar-refractivity contribution >= 4 is 31.9 Å². The summed E-state index contributed by atoms with van der Waals surface area (Å²) in [7, 11) is 0. The van der Waals surface area contributed by atoms with Crippen molar-refractivity contribution in [3.05, 3.63) is 39.3 Å². The molecule has 1 aromatic heterocycles. The van der Waals surface area contributed by atoms with E-state index in [1.54, 1.807) is 12.5 Å². The molecule has 100 valence electrons. The number of fused-ring (bicyclic) bond motifs is 1. The van der Waals surface area contributed by atoms with Crippen LogP contribution in [0.3, 0.4) is 0 Å². The average molecular weight is 388 g/mol. The van der Waals surface area contributed by atoms with Gasteiger partial charge >= 0.3 is 0 Å². The summed E-state index contributed by atoms with van der Waals surface area (Å²) < 4.78 is 9.29. The SMILES string of the molecule is CC1Oc2c(cc(Br)c(O)c2Br)CC1n1ccnc1. The molecule has 0 saturated carbocycles. The Labute approximate surface area is 127 Å². The van der Waals surface area contributed by atoms with Crippen LogP contribution in [0.5, 0.6) is 11.5 Å². The van der Waals surface area contributed by atoms with Crippen LogP contribution in [0.25, 0.3) is 0 Å². The monoisotopic (exact) mass is 386 g/mol. The van der Waals surface area contributed by atoms with Crippen LogP contribution in [-0.2, 0) is 6.42 Å². The van der Waals surface area contributed by atoms with Gasteiger partial charge in [-0.05, 0) is 50.4 Å². The van der Waals surface area contributed by atoms with E-state index in [0.717, 1.165) is 17.7 Å². The van der Waals surface area contributed by atoms with Gasteiger partial charge in [0.25, 0.3) is 0 Å². The molecule has 1 aliphatic rings. The summed E-state index contributed by atoms with van der Waals surface area (Å²) in [5, 5.41) is 9.91. The van der Waals surface area contributed by atoms with E-state index in [9.17, 15) is 5.11 Å². The van der Waals surface area contributed by atoms with Gasteiger partial charge in [0, 0.05) is 18.8 Å². The van der Waals surface area contributed by atoms with Gasteiger partial charge in [-0.15, -0.1) is 0 Å². The summed E-state index contributed by atoms with van der Waals surface area (Å²) >= 11 is 6.74. The second-order valence-corrected chi connectivity index (χ2v) is 6.26. The highest BCUT2D eigenvalue weighted by atomic mass is 79.9. The van der Waals surface area contributed by atoms with Gasteiger partial charge in [-0.1, -0.05) is 0 Å². The lowest BCUT2D eigenvalue weighted by molar-refractivity contribution is 0.132. The fraction of sp³-hybridized carbons (Fsp3) is 0.308. The lowest BCUT2D eigenvalue weighted by atomic mass is 9.97. The van der Waals surface area contributed by atoms with Crippen LogP contribution in [0.1, 0.15) is 18.5 Å². The van der Waals surface area contributed by atoms with Crippen molar-refractivity contribution in [1.29, 1.82) is 0 Å². The summed E-state index contributed by atoms with van der Waals surface area (Å²) in [5.41, 5.74) is 1.06. The third-order valence-corrected chi connectivity index (χ3v) is 4.75. The van der Waals surface area contributed by atoms with Gasteiger partial charge in [-0.3, -0.25) is 0 Å². The number of phenolic OH excluding ortho intramolecular Hbond substituents is 1. The Bertz CT molecular complexity index is 614. The maximum Gasteiger partial charge on any atom is 0.147 e. The van der Waals surface area contributed by atoms with Crippen molar-refractivity contribution in [1.82, 2.24) is 9.55 Å². The molecule has 1 N–H and O–H groups in total. The second-order valence-electron chi connectivity index (χ2n) is 4.61. The summed E-state index contributed by atoms with van der Waals surface area (Å²) in [5.74, 6) is 0.900. The zero-order chi connectivity index (χ0) is 13.6. The largest absolute Gasteiger partial charge is 0.505 e. The Morgan fingerprint density at radius 1 is 1.47 bits per heavy atom. The molecule has 1 aliphatic heterocycles. The van der Waals surface area contributed by atoms with E-state index in [1.165, 1.54) is 0 Å². The fourth-order valence-electron chi connectivity index (χ4n) is 2.39. The lowest BCUT2D eigenvalue weighted by Gasteiger charge is -2.33. The molecule has 0 amide bonds. The molecule has 4 nitrogen and oxygen atoms in total. The van der Waals surface area contributed by atoms with Gasteiger partial charge in [0.05, 0.1) is 16.8 Å². The van der Waals surface area contributed by atoms with Crippen LogP contribution in [0.2, 0.25) is 0 Å². The van der Waals surface area contributed by atoms with Crippen molar-refractivity contribution < 1.29 is 9.84 Å². The number of ether oxygens (including phenoxy) is 1. The average Bonchev–Trinajstić information content (AvgIpc) is 2.90. The molecular weight excluding hydrogens is 376 g/mol. The zero-order valence-corrected chi connectivity index (χ0v) is 13.3. The van der Waals surface area contributed by atoms with E-state index in [1.807, 2.05) is 19.2 Å². The maximum atomic E-state index is 9.91. The summed E-state index contributed by atoms with van der Waals surface area (Å²) in [4.78, 5) is 4.09. The molecule has 2 atom stereocenters. The predicted molar refractivity (Wildman–Crippen MR) is 78.6 cm³/mol. The Morgan fingerprint density at radius 3 is 2.95 bits per heavy atom. The molecule has 6 heteroatoms. The molecule has 2 heterocycles. The molecule has 19 heavy (non-hydrogen) atoms. The Morgan fingerprint density at radius 2 is 2.26 bits per heavy atom. The van der Waals surface area contributed by atoms with Crippen LogP contribution >= 0.6 is 31.9 Å². The van der Waals surface area contributed by atoms with E-state index in [4.69, 9.17) is 4.74 Å². The van der Waals surface area contributed by atoms with Gasteiger partial charge in [-0.25, -0.2) is 4.98 Å². The summed E-state index contributed by atoms with van der Waals surface area (Å²) in [6.07, 6.45) is 6.37. The molecule has 0 radical (unpaired) electrons. The van der Waals surface area contributed by atoms with Gasteiger partial charge < -0.3 is 14.4 Å². The first-order valence-corrected chi connectivity index (χ1v) is 7.50. The second kappa shape index (κ2) is 4.83. The third kappa shape index (κ3) is 2.17. The van der Waals surface area contributed by atoms with Crippen LogP contribution in [0.15, 0.2) is 33.7 Å². The summed E-state index contributed by atoms with van der Waals surface area (Å²) in [6.45, 7) is 2.03. The van der Waals surface area contributed by atoms with E-state index in [2.05, 4.69) is 41.4 Å². The fourth-order valence-corrected chi connectivity index (χ4v) is 3.69. The maximum absolute atomic E-state index is 9.91. The number of rotatable bonds is 1. The van der Waals surface area contributed by atoms with Gasteiger partial charge in [0.1, 0.15) is 22.1 Å². The van der Waals surface area contributed by atoms with Crippen molar-refractivity contribution in [3.8, 4) is 11.5 Å². The highest BCUT2D eigenvalue weighted by molar-refractivity contribution is 9.11. The number of nitrogens with zero attached hydrogens (tertiary/aromatic N) is 2. The Kier molecular flexibility index (Phi) is 3.30. The number of halogens is 2. The van der Waals surface area contributed by atoms with E-state index in [-0.39, 0.29) is 17.9 Å². The first-order chi connectivity index (χ1) is 9.08. The highest BCUT2D eigenvalue weighted by Gasteiger charge is 2.30. The minimum Gasteiger partial charge on any atom is -0.505 e. The van der Waals surface area contributed by atoms with Crippen molar-refractivity contribution in [2.45, 2.75) is 25.5 Å². The molecule has 0 bridgehead atoms. The van der Waals surface area contributed by atoms with Crippen LogP contribution in [-0.4, -0.2) is 20.8 Å². The molecule has 0 fully saturated rings. The van der Waals surface area contributed by atoms with Crippen LogP contribution in [0.4, 0.5) is 0 Å². The van der Waals surface area contributed by atoms with Gasteiger partial charge in [0.2, 0.25) is 0 Å². The first kappa shape index (κ1) is 13.0. The van der Waals surface area contributed by atoms with E-state index >= 15 is 0 Å². The molecule has 0 spiro atoms. The number of hydrogen-bond donors (Lipinski definition) is 1. The quantitative estimate of drug-likeness (QED) is 0.811. The van der Waals surface area contributed by atoms with Crippen molar-refractivity contribution in [3.63, 3.8) is 0 Å². The number of hydrogen-bond acceptors (Lipinski definition) is 3. The Balaban J connectivity index is 2.04. The van der Waals surface area contributed by atoms with Gasteiger partial charge in [-0.2, -0.15) is 0 Å². The third-order valence-electron chi connectivity index (χ3n) is 3.41. The number of aromatic hydroxyl groups is 1. The van der Waals surface area contributed by atoms with Crippen LogP contribution < -0.4 is 4.74 Å². The zero-order valence-electron chi connectivity index (χ0n) is 10.2. The van der Waals surface area contributed by atoms with Crippen LogP contribution in [0, 0.1) is 0 Å². The van der Waals surface area contributed by atoms with Gasteiger partial charge in [0.15, 0.2) is 0 Å². The number of imidazole rings is 1. The first-order valence-electron chi connectivity index (χ1n) is 5.92. The topological polar surface area (TPSA) is 47.3 Å². The highest BCUT2D eigenvalue weighted by Crippen LogP contribution is 2.46.